The van der Waals surface area contributed by atoms with E-state index >= 15 is 0 Å². The number of rotatable bonds is 10. The zero-order chi connectivity index (χ0) is 36.0. The Morgan fingerprint density at radius 1 is 0.882 bits per heavy atom. The highest BCUT2D eigenvalue weighted by Crippen LogP contribution is 2.43. The van der Waals surface area contributed by atoms with Gasteiger partial charge in [-0.2, -0.15) is 0 Å². The lowest BCUT2D eigenvalue weighted by molar-refractivity contribution is -0.120. The molecule has 2 N–H and O–H groups in total. The highest BCUT2D eigenvalue weighted by Gasteiger charge is 2.25. The summed E-state index contributed by atoms with van der Waals surface area (Å²) >= 11 is 14.3. The molecule has 2 aromatic carbocycles. The van der Waals surface area contributed by atoms with E-state index in [2.05, 4.69) is 20.6 Å². The number of fused-ring (bicyclic) bond motifs is 1. The maximum Gasteiger partial charge on any atom is 0.277 e. The summed E-state index contributed by atoms with van der Waals surface area (Å²) < 4.78 is 5.10. The number of likely N-dealkylation sites (N-methyl/N-ethyl adjacent to an activating group) is 1. The third-order valence-electron chi connectivity index (χ3n) is 9.71. The zero-order valence-corrected chi connectivity index (χ0v) is 29.8. The Bertz CT molecular complexity index is 2310. The molecule has 262 valence electrons. The number of aryl methyl sites for hydroxylation is 1. The van der Waals surface area contributed by atoms with Crippen molar-refractivity contribution >= 4 is 64.4 Å². The number of amides is 2. The standard InChI is InChI=1S/C37H36Cl2N8O4/c1-44(16-21-10-12-32(49)42-21)19-40-27-14-29(45(2)31(27)18-48)25-8-4-6-23(34(25)38)24-7-5-9-26(35(24)39)30-15-28-36(46(30)3)37(51)47(20-41-28)17-22-11-13-33(50)43-22/h4-9,14-15,18-22H,10-13,16-17H2,1-3H3,(H,42,49)(H,43,50)/b40-19-. The number of aldehydes is 1. The molecule has 0 aliphatic carbocycles. The molecule has 0 spiro atoms. The monoisotopic (exact) mass is 726 g/mol. The van der Waals surface area contributed by atoms with E-state index in [9.17, 15) is 19.2 Å². The van der Waals surface area contributed by atoms with Gasteiger partial charge in [0.05, 0.1) is 45.3 Å². The van der Waals surface area contributed by atoms with Crippen LogP contribution in [0, 0.1) is 0 Å². The van der Waals surface area contributed by atoms with Crippen molar-refractivity contribution in [3.05, 3.63) is 81.0 Å². The fourth-order valence-electron chi connectivity index (χ4n) is 7.05. The van der Waals surface area contributed by atoms with Crippen LogP contribution in [0.5, 0.6) is 0 Å². The molecule has 14 heteroatoms. The number of hydrogen-bond acceptors (Lipinski definition) is 6. The van der Waals surface area contributed by atoms with Gasteiger partial charge in [-0.3, -0.25) is 23.7 Å². The van der Waals surface area contributed by atoms with Crippen LogP contribution < -0.4 is 16.2 Å². The third kappa shape index (κ3) is 6.45. The molecule has 2 aliphatic heterocycles. The fourth-order valence-corrected chi connectivity index (χ4v) is 7.70. The summed E-state index contributed by atoms with van der Waals surface area (Å²) in [4.78, 5) is 60.1. The first-order chi connectivity index (χ1) is 24.5. The van der Waals surface area contributed by atoms with Gasteiger partial charge >= 0.3 is 0 Å². The van der Waals surface area contributed by atoms with Crippen LogP contribution in [0.3, 0.4) is 0 Å². The van der Waals surface area contributed by atoms with E-state index in [1.807, 2.05) is 67.5 Å². The number of aromatic nitrogens is 4. The van der Waals surface area contributed by atoms with Crippen LogP contribution in [-0.2, 0) is 30.2 Å². The smallest absolute Gasteiger partial charge is 0.277 e. The molecule has 7 rings (SSSR count). The Kier molecular flexibility index (Phi) is 9.30. The van der Waals surface area contributed by atoms with Crippen LogP contribution in [0.4, 0.5) is 5.69 Å². The second-order valence-electron chi connectivity index (χ2n) is 13.1. The summed E-state index contributed by atoms with van der Waals surface area (Å²) in [5.74, 6) is 0.0441. The van der Waals surface area contributed by atoms with Crippen LogP contribution in [-0.4, -0.2) is 73.7 Å². The van der Waals surface area contributed by atoms with Gasteiger partial charge in [-0.15, -0.1) is 0 Å². The van der Waals surface area contributed by atoms with E-state index in [4.69, 9.17) is 23.2 Å². The second-order valence-corrected chi connectivity index (χ2v) is 13.9. The summed E-state index contributed by atoms with van der Waals surface area (Å²) in [5, 5.41) is 6.75. The van der Waals surface area contributed by atoms with E-state index in [1.165, 1.54) is 10.9 Å². The minimum Gasteiger partial charge on any atom is -0.364 e. The SMILES string of the molecule is CN(/C=N\c1cc(-c2cccc(-c3cccc(-c4cc5ncn(CC6CCC(=O)N6)c(=O)c5n4C)c3Cl)c2Cl)n(C)c1C=O)CC1CCC(=O)N1. The van der Waals surface area contributed by atoms with Crippen LogP contribution >= 0.6 is 23.2 Å². The molecule has 0 radical (unpaired) electrons. The number of aliphatic imine (C=N–C) groups is 1. The van der Waals surface area contributed by atoms with Crippen LogP contribution in [0.1, 0.15) is 36.2 Å². The number of carbonyl (C=O) groups excluding carboxylic acids is 3. The van der Waals surface area contributed by atoms with Gasteiger partial charge in [-0.1, -0.05) is 59.6 Å². The molecule has 0 saturated carbocycles. The highest BCUT2D eigenvalue weighted by atomic mass is 35.5. The summed E-state index contributed by atoms with van der Waals surface area (Å²) in [6, 6.07) is 14.9. The quantitative estimate of drug-likeness (QED) is 0.113. The molecular formula is C37H36Cl2N8O4. The molecule has 2 unspecified atom stereocenters. The summed E-state index contributed by atoms with van der Waals surface area (Å²) in [5.41, 5.74) is 5.83. The molecule has 2 amide bonds. The lowest BCUT2D eigenvalue weighted by atomic mass is 9.98. The molecule has 2 atom stereocenters. The number of nitrogens with zero attached hydrogens (tertiary/aromatic N) is 6. The van der Waals surface area contributed by atoms with E-state index in [0.29, 0.717) is 98.5 Å². The molecule has 5 aromatic rings. The van der Waals surface area contributed by atoms with Gasteiger partial charge in [0.25, 0.3) is 5.56 Å². The van der Waals surface area contributed by atoms with Gasteiger partial charge in [0.15, 0.2) is 6.29 Å². The Morgan fingerprint density at radius 3 is 2.06 bits per heavy atom. The molecule has 3 aromatic heterocycles. The Morgan fingerprint density at radius 2 is 1.47 bits per heavy atom. The molecular weight excluding hydrogens is 691 g/mol. The first-order valence-corrected chi connectivity index (χ1v) is 17.4. The lowest BCUT2D eigenvalue weighted by Gasteiger charge is -2.17. The average Bonchev–Trinajstić information content (AvgIpc) is 3.88. The van der Waals surface area contributed by atoms with Gasteiger partial charge in [0, 0.05) is 81.4 Å². The van der Waals surface area contributed by atoms with Crippen molar-refractivity contribution in [3.8, 4) is 33.6 Å². The van der Waals surface area contributed by atoms with E-state index in [0.717, 1.165) is 12.7 Å². The first kappa shape index (κ1) is 34.3. The molecule has 2 saturated heterocycles. The first-order valence-electron chi connectivity index (χ1n) is 16.6. The van der Waals surface area contributed by atoms with Gasteiger partial charge < -0.3 is 24.7 Å². The maximum absolute atomic E-state index is 13.6. The zero-order valence-electron chi connectivity index (χ0n) is 28.3. The number of halogens is 2. The van der Waals surface area contributed by atoms with Crippen molar-refractivity contribution in [1.82, 2.24) is 34.2 Å². The summed E-state index contributed by atoms with van der Waals surface area (Å²) in [6.45, 7) is 0.953. The van der Waals surface area contributed by atoms with Gasteiger partial charge in [-0.05, 0) is 25.0 Å². The molecule has 12 nitrogen and oxygen atoms in total. The Hall–Kier alpha value is -5.20. The van der Waals surface area contributed by atoms with Crippen LogP contribution in [0.25, 0.3) is 44.7 Å². The maximum atomic E-state index is 13.6. The molecule has 2 fully saturated rings. The minimum absolute atomic E-state index is 0.0102. The largest absolute Gasteiger partial charge is 0.364 e. The van der Waals surface area contributed by atoms with E-state index < -0.39 is 0 Å². The van der Waals surface area contributed by atoms with E-state index in [-0.39, 0.29) is 29.5 Å². The highest BCUT2D eigenvalue weighted by molar-refractivity contribution is 6.39. The predicted octanol–water partition coefficient (Wildman–Crippen LogP) is 5.34. The fraction of sp³-hybridized carbons (Fsp3) is 0.297. The van der Waals surface area contributed by atoms with Crippen molar-refractivity contribution in [3.63, 3.8) is 0 Å². The van der Waals surface area contributed by atoms with Crippen LogP contribution in [0.15, 0.2) is 64.6 Å². The number of hydrogen-bond donors (Lipinski definition) is 2. The Balaban J connectivity index is 1.21. The number of benzene rings is 2. The van der Waals surface area contributed by atoms with Gasteiger partial charge in [-0.25, -0.2) is 9.98 Å². The topological polar surface area (TPSA) is 136 Å². The van der Waals surface area contributed by atoms with Gasteiger partial charge in [0.2, 0.25) is 11.8 Å². The average molecular weight is 728 g/mol. The molecule has 0 bridgehead atoms. The van der Waals surface area contributed by atoms with Crippen molar-refractivity contribution in [2.24, 2.45) is 19.1 Å². The van der Waals surface area contributed by atoms with Crippen molar-refractivity contribution in [1.29, 1.82) is 0 Å². The molecule has 2 aliphatic rings. The second kappa shape index (κ2) is 13.8. The van der Waals surface area contributed by atoms with Gasteiger partial charge in [0.1, 0.15) is 11.2 Å². The van der Waals surface area contributed by atoms with Crippen molar-refractivity contribution in [2.45, 2.75) is 44.3 Å². The lowest BCUT2D eigenvalue weighted by Crippen LogP contribution is -2.36. The summed E-state index contributed by atoms with van der Waals surface area (Å²) in [7, 11) is 5.47. The van der Waals surface area contributed by atoms with Crippen molar-refractivity contribution in [2.75, 3.05) is 13.6 Å². The van der Waals surface area contributed by atoms with Crippen LogP contribution in [0.2, 0.25) is 10.0 Å². The minimum atomic E-state index is -0.201. The predicted molar refractivity (Wildman–Crippen MR) is 199 cm³/mol. The number of nitrogens with one attached hydrogen (secondary N) is 2. The molecule has 51 heavy (non-hydrogen) atoms. The van der Waals surface area contributed by atoms with E-state index in [1.54, 1.807) is 22.5 Å². The normalized spacial score (nSPS) is 17.4. The number of carbonyl (C=O) groups is 3. The Labute approximate surface area is 303 Å². The molecule has 5 heterocycles. The van der Waals surface area contributed by atoms with Crippen molar-refractivity contribution < 1.29 is 14.4 Å². The summed E-state index contributed by atoms with van der Waals surface area (Å²) in [6.07, 6.45) is 6.37. The third-order valence-corrected chi connectivity index (χ3v) is 10.5.